The highest BCUT2D eigenvalue weighted by molar-refractivity contribution is 5.77. The van der Waals surface area contributed by atoms with Gasteiger partial charge in [0.2, 0.25) is 0 Å². The average Bonchev–Trinajstić information content (AvgIpc) is 2.61. The van der Waals surface area contributed by atoms with Gasteiger partial charge in [-0.3, -0.25) is 4.79 Å². The predicted molar refractivity (Wildman–Crippen MR) is 91.7 cm³/mol. The number of carbonyl (C=O) groups excluding carboxylic acids is 1. The number of carbonyl (C=O) groups is 1. The van der Waals surface area contributed by atoms with Crippen LogP contribution >= 0.6 is 0 Å². The van der Waals surface area contributed by atoms with Crippen LogP contribution < -0.4 is 10.1 Å². The molecule has 0 saturated heterocycles. The number of aryl methyl sites for hydroxylation is 1. The summed E-state index contributed by atoms with van der Waals surface area (Å²) >= 11 is 0. The summed E-state index contributed by atoms with van der Waals surface area (Å²) in [6, 6.07) is 16.3. The van der Waals surface area contributed by atoms with E-state index in [4.69, 9.17) is 4.74 Å². The Kier molecular flexibility index (Phi) is 5.30. The van der Waals surface area contributed by atoms with E-state index >= 15 is 0 Å². The molecule has 1 aliphatic carbocycles. The van der Waals surface area contributed by atoms with Crippen molar-refractivity contribution in [2.24, 2.45) is 0 Å². The van der Waals surface area contributed by atoms with Crippen molar-refractivity contribution >= 4 is 5.91 Å². The van der Waals surface area contributed by atoms with E-state index in [9.17, 15) is 4.79 Å². The largest absolute Gasteiger partial charge is 0.483 e. The molecule has 2 aromatic rings. The van der Waals surface area contributed by atoms with Gasteiger partial charge in [0, 0.05) is 6.54 Å². The maximum atomic E-state index is 11.9. The summed E-state index contributed by atoms with van der Waals surface area (Å²) in [7, 11) is 0. The van der Waals surface area contributed by atoms with Crippen molar-refractivity contribution in [1.29, 1.82) is 0 Å². The minimum Gasteiger partial charge on any atom is -0.483 e. The van der Waals surface area contributed by atoms with Crippen LogP contribution in [0.2, 0.25) is 0 Å². The first-order valence-corrected chi connectivity index (χ1v) is 8.37. The first-order valence-electron chi connectivity index (χ1n) is 8.37. The highest BCUT2D eigenvalue weighted by atomic mass is 16.5. The number of fused-ring (bicyclic) bond motifs is 1. The van der Waals surface area contributed by atoms with E-state index in [1.165, 1.54) is 29.5 Å². The lowest BCUT2D eigenvalue weighted by Crippen LogP contribution is -2.30. The van der Waals surface area contributed by atoms with Gasteiger partial charge in [-0.1, -0.05) is 42.5 Å². The molecule has 0 aliphatic heterocycles. The Bertz CT molecular complexity index is 652. The zero-order valence-corrected chi connectivity index (χ0v) is 13.4. The Morgan fingerprint density at radius 2 is 1.83 bits per heavy atom. The fourth-order valence-electron chi connectivity index (χ4n) is 3.07. The summed E-state index contributed by atoms with van der Waals surface area (Å²) in [5, 5.41) is 2.92. The number of hydrogen-bond donors (Lipinski definition) is 1. The van der Waals surface area contributed by atoms with Crippen molar-refractivity contribution in [2.45, 2.75) is 32.1 Å². The van der Waals surface area contributed by atoms with E-state index in [0.717, 1.165) is 25.0 Å². The molecule has 0 spiro atoms. The Balaban J connectivity index is 1.46. The molecule has 2 aromatic carbocycles. The molecule has 1 N–H and O–H groups in total. The molecule has 0 saturated carbocycles. The fraction of sp³-hybridized carbons (Fsp3) is 0.350. The second-order valence-electron chi connectivity index (χ2n) is 5.98. The second kappa shape index (κ2) is 7.82. The molecule has 0 radical (unpaired) electrons. The molecular weight excluding hydrogens is 286 g/mol. The van der Waals surface area contributed by atoms with Gasteiger partial charge in [-0.2, -0.15) is 0 Å². The first-order chi connectivity index (χ1) is 11.3. The quantitative estimate of drug-likeness (QED) is 0.889. The normalized spacial score (nSPS) is 13.2. The van der Waals surface area contributed by atoms with Gasteiger partial charge in [0.05, 0.1) is 0 Å². The topological polar surface area (TPSA) is 38.3 Å². The lowest BCUT2D eigenvalue weighted by Gasteiger charge is -2.19. The molecule has 0 atom stereocenters. The standard InChI is InChI=1S/C20H23NO2/c22-20(21-14-13-16-7-2-1-3-8-16)15-23-19-12-6-10-17-9-4-5-11-18(17)19/h1-3,6-8,10,12H,4-5,9,11,13-15H2,(H,21,22). The highest BCUT2D eigenvalue weighted by Gasteiger charge is 2.14. The summed E-state index contributed by atoms with van der Waals surface area (Å²) in [5.41, 5.74) is 3.89. The van der Waals surface area contributed by atoms with Crippen LogP contribution in [-0.4, -0.2) is 19.1 Å². The average molecular weight is 309 g/mol. The summed E-state index contributed by atoms with van der Waals surface area (Å²) in [4.78, 5) is 11.9. The molecule has 0 unspecified atom stereocenters. The van der Waals surface area contributed by atoms with Gasteiger partial charge < -0.3 is 10.1 Å². The zero-order chi connectivity index (χ0) is 15.9. The summed E-state index contributed by atoms with van der Waals surface area (Å²) in [5.74, 6) is 0.815. The van der Waals surface area contributed by atoms with Crippen molar-refractivity contribution < 1.29 is 9.53 Å². The van der Waals surface area contributed by atoms with Gasteiger partial charge in [-0.05, 0) is 54.9 Å². The maximum absolute atomic E-state index is 11.9. The molecule has 0 heterocycles. The molecule has 3 nitrogen and oxygen atoms in total. The lowest BCUT2D eigenvalue weighted by molar-refractivity contribution is -0.123. The van der Waals surface area contributed by atoms with Crippen molar-refractivity contribution in [3.05, 3.63) is 65.2 Å². The SMILES string of the molecule is O=C(COc1cccc2c1CCCC2)NCCc1ccccc1. The highest BCUT2D eigenvalue weighted by Crippen LogP contribution is 2.29. The molecule has 3 heteroatoms. The smallest absolute Gasteiger partial charge is 0.257 e. The van der Waals surface area contributed by atoms with Crippen LogP contribution in [0.15, 0.2) is 48.5 Å². The molecule has 0 aromatic heterocycles. The van der Waals surface area contributed by atoms with Crippen molar-refractivity contribution in [2.75, 3.05) is 13.2 Å². The third-order valence-electron chi connectivity index (χ3n) is 4.29. The van der Waals surface area contributed by atoms with E-state index in [2.05, 4.69) is 23.5 Å². The van der Waals surface area contributed by atoms with Crippen molar-refractivity contribution in [3.8, 4) is 5.75 Å². The summed E-state index contributed by atoms with van der Waals surface area (Å²) < 4.78 is 5.76. The van der Waals surface area contributed by atoms with Crippen LogP contribution in [0.1, 0.15) is 29.5 Å². The number of nitrogens with one attached hydrogen (secondary N) is 1. The number of rotatable bonds is 6. The van der Waals surface area contributed by atoms with Crippen molar-refractivity contribution in [3.63, 3.8) is 0 Å². The second-order valence-corrected chi connectivity index (χ2v) is 5.98. The molecule has 1 aliphatic rings. The number of ether oxygens (including phenoxy) is 1. The Labute approximate surface area is 137 Å². The fourth-order valence-corrected chi connectivity index (χ4v) is 3.07. The zero-order valence-electron chi connectivity index (χ0n) is 13.4. The van der Waals surface area contributed by atoms with Gasteiger partial charge in [-0.15, -0.1) is 0 Å². The molecule has 0 bridgehead atoms. The van der Waals surface area contributed by atoms with Gasteiger partial charge in [-0.25, -0.2) is 0 Å². The summed E-state index contributed by atoms with van der Waals surface area (Å²) in [6.45, 7) is 0.727. The third-order valence-corrected chi connectivity index (χ3v) is 4.29. The predicted octanol–water partition coefficient (Wildman–Crippen LogP) is 3.30. The van der Waals surface area contributed by atoms with E-state index in [1.807, 2.05) is 30.3 Å². The minimum atomic E-state index is -0.0608. The molecule has 23 heavy (non-hydrogen) atoms. The third kappa shape index (κ3) is 4.35. The van der Waals surface area contributed by atoms with Gasteiger partial charge in [0.25, 0.3) is 5.91 Å². The molecule has 3 rings (SSSR count). The number of amides is 1. The van der Waals surface area contributed by atoms with Gasteiger partial charge in [0.1, 0.15) is 5.75 Å². The van der Waals surface area contributed by atoms with Crippen LogP contribution in [0, 0.1) is 0 Å². The monoisotopic (exact) mass is 309 g/mol. The van der Waals surface area contributed by atoms with Crippen molar-refractivity contribution in [1.82, 2.24) is 5.32 Å². The van der Waals surface area contributed by atoms with Crippen LogP contribution in [0.3, 0.4) is 0 Å². The van der Waals surface area contributed by atoms with Crippen LogP contribution in [0.5, 0.6) is 5.75 Å². The number of hydrogen-bond acceptors (Lipinski definition) is 2. The van der Waals surface area contributed by atoms with Gasteiger partial charge >= 0.3 is 0 Å². The molecule has 1 amide bonds. The maximum Gasteiger partial charge on any atom is 0.257 e. The van der Waals surface area contributed by atoms with Gasteiger partial charge in [0.15, 0.2) is 6.61 Å². The van der Waals surface area contributed by atoms with Crippen LogP contribution in [-0.2, 0) is 24.1 Å². The first kappa shape index (κ1) is 15.6. The molecular formula is C20H23NO2. The van der Waals surface area contributed by atoms with Crippen LogP contribution in [0.4, 0.5) is 0 Å². The van der Waals surface area contributed by atoms with E-state index in [0.29, 0.717) is 6.54 Å². The minimum absolute atomic E-state index is 0.0608. The van der Waals surface area contributed by atoms with E-state index < -0.39 is 0 Å². The van der Waals surface area contributed by atoms with E-state index in [1.54, 1.807) is 0 Å². The molecule has 120 valence electrons. The summed E-state index contributed by atoms with van der Waals surface area (Å²) in [6.07, 6.45) is 5.47. The Morgan fingerprint density at radius 1 is 1.00 bits per heavy atom. The Hall–Kier alpha value is -2.29. The molecule has 0 fully saturated rings. The lowest BCUT2D eigenvalue weighted by atomic mass is 9.91. The number of benzene rings is 2. The van der Waals surface area contributed by atoms with Crippen LogP contribution in [0.25, 0.3) is 0 Å². The van der Waals surface area contributed by atoms with E-state index in [-0.39, 0.29) is 12.5 Å². The Morgan fingerprint density at radius 3 is 2.70 bits per heavy atom.